The number of benzene rings is 2. The summed E-state index contributed by atoms with van der Waals surface area (Å²) < 4.78 is 20.4. The normalized spacial score (nSPS) is 16.8. The van der Waals surface area contributed by atoms with Gasteiger partial charge in [-0.05, 0) is 68.5 Å². The van der Waals surface area contributed by atoms with Crippen molar-refractivity contribution in [2.45, 2.75) is 58.9 Å². The average molecular weight is 555 g/mol. The van der Waals surface area contributed by atoms with E-state index >= 15 is 0 Å². The van der Waals surface area contributed by atoms with E-state index in [1.807, 2.05) is 32.9 Å². The van der Waals surface area contributed by atoms with Gasteiger partial charge in [0.25, 0.3) is 5.91 Å². The maximum atomic E-state index is 14.4. The van der Waals surface area contributed by atoms with Crippen molar-refractivity contribution < 1.29 is 23.8 Å². The van der Waals surface area contributed by atoms with E-state index in [1.165, 1.54) is 28.4 Å². The number of rotatable bonds is 12. The Labute approximate surface area is 232 Å². The third-order valence-corrected chi connectivity index (χ3v) is 8.02. The number of aromatic nitrogens is 2. The van der Waals surface area contributed by atoms with Gasteiger partial charge >= 0.3 is 5.97 Å². The summed E-state index contributed by atoms with van der Waals surface area (Å²) in [6.45, 7) is 7.38. The highest BCUT2D eigenvalue weighted by molar-refractivity contribution is 7.18. The first-order valence-electron chi connectivity index (χ1n) is 13.4. The highest BCUT2D eigenvalue weighted by atomic mass is 32.1. The van der Waals surface area contributed by atoms with Crippen LogP contribution in [-0.4, -0.2) is 52.9 Å². The molecule has 1 heterocycles. The van der Waals surface area contributed by atoms with Crippen molar-refractivity contribution in [3.8, 4) is 16.3 Å². The number of carbonyl (C=O) groups excluding carboxylic acids is 1. The summed E-state index contributed by atoms with van der Waals surface area (Å²) >= 11 is 1.30. The lowest BCUT2D eigenvalue weighted by atomic mass is 10.0. The molecule has 0 radical (unpaired) electrons. The molecule has 3 aromatic rings. The van der Waals surface area contributed by atoms with Crippen LogP contribution >= 0.6 is 11.3 Å². The quantitative estimate of drug-likeness (QED) is 0.280. The molecule has 1 aromatic heterocycles. The molecule has 10 heteroatoms. The number of carboxylic acid groups (broad SMARTS) is 1. The number of nitrogens with one attached hydrogen (secondary N) is 1. The van der Waals surface area contributed by atoms with E-state index < -0.39 is 17.7 Å². The second-order valence-corrected chi connectivity index (χ2v) is 10.9. The van der Waals surface area contributed by atoms with E-state index in [2.05, 4.69) is 15.5 Å². The van der Waals surface area contributed by atoms with Gasteiger partial charge in [-0.1, -0.05) is 43.2 Å². The Balaban J connectivity index is 1.45. The molecule has 1 amide bonds. The first kappa shape index (κ1) is 28.6. The number of anilines is 1. The summed E-state index contributed by atoms with van der Waals surface area (Å²) in [4.78, 5) is 26.1. The molecule has 2 atom stereocenters. The lowest BCUT2D eigenvalue weighted by molar-refractivity contribution is -0.142. The van der Waals surface area contributed by atoms with Gasteiger partial charge in [0.2, 0.25) is 5.13 Å². The molecule has 0 unspecified atom stereocenters. The molecule has 1 saturated carbocycles. The number of carboxylic acids is 1. The topological polar surface area (TPSA) is 105 Å². The summed E-state index contributed by atoms with van der Waals surface area (Å²) in [5.41, 5.74) is 2.76. The lowest BCUT2D eigenvalue weighted by Gasteiger charge is -2.19. The first-order chi connectivity index (χ1) is 18.8. The van der Waals surface area contributed by atoms with Crippen molar-refractivity contribution in [2.24, 2.45) is 5.92 Å². The molecular weight excluding hydrogens is 519 g/mol. The Morgan fingerprint density at radius 3 is 2.62 bits per heavy atom. The van der Waals surface area contributed by atoms with Crippen LogP contribution in [0, 0.1) is 25.6 Å². The SMILES string of the molecule is CCCCN(C(=O)c1ccccc1F)c1nnc(-c2cc(C)c(OCCN[C@@H]3CCC[C@@H]3C(=O)O)c(C)c2)s1. The molecule has 208 valence electrons. The molecule has 2 aromatic carbocycles. The first-order valence-corrected chi connectivity index (χ1v) is 14.2. The van der Waals surface area contributed by atoms with Gasteiger partial charge in [0.05, 0.1) is 11.5 Å². The van der Waals surface area contributed by atoms with Crippen LogP contribution in [0.2, 0.25) is 0 Å². The second-order valence-electron chi connectivity index (χ2n) is 9.90. The van der Waals surface area contributed by atoms with Crippen LogP contribution in [0.25, 0.3) is 10.6 Å². The fourth-order valence-corrected chi connectivity index (χ4v) is 5.88. The summed E-state index contributed by atoms with van der Waals surface area (Å²) in [5, 5.41) is 22.4. The van der Waals surface area contributed by atoms with Gasteiger partial charge in [0, 0.05) is 24.7 Å². The summed E-state index contributed by atoms with van der Waals surface area (Å²) in [6.07, 6.45) is 4.15. The van der Waals surface area contributed by atoms with Gasteiger partial charge in [-0.15, -0.1) is 10.2 Å². The molecule has 39 heavy (non-hydrogen) atoms. The van der Waals surface area contributed by atoms with Gasteiger partial charge in [0.1, 0.15) is 23.2 Å². The van der Waals surface area contributed by atoms with Crippen molar-refractivity contribution in [2.75, 3.05) is 24.6 Å². The minimum absolute atomic E-state index is 0.00979. The van der Waals surface area contributed by atoms with E-state index in [4.69, 9.17) is 4.74 Å². The van der Waals surface area contributed by atoms with Crippen LogP contribution in [0.5, 0.6) is 5.75 Å². The number of amides is 1. The number of carbonyl (C=O) groups is 2. The molecule has 0 bridgehead atoms. The Hall–Kier alpha value is -3.37. The van der Waals surface area contributed by atoms with Gasteiger partial charge in [-0.25, -0.2) is 4.39 Å². The number of hydrogen-bond donors (Lipinski definition) is 2. The number of aryl methyl sites for hydroxylation is 2. The minimum atomic E-state index is -0.738. The number of halogens is 1. The summed E-state index contributed by atoms with van der Waals surface area (Å²) in [5.74, 6) is -1.27. The Kier molecular flexibility index (Phi) is 9.63. The molecular formula is C29H35FN4O4S. The van der Waals surface area contributed by atoms with Crippen molar-refractivity contribution >= 4 is 28.3 Å². The number of aliphatic carboxylic acids is 1. The molecule has 1 aliphatic carbocycles. The highest BCUT2D eigenvalue weighted by Gasteiger charge is 2.32. The predicted octanol–water partition coefficient (Wildman–Crippen LogP) is 5.63. The van der Waals surface area contributed by atoms with Crippen molar-refractivity contribution in [3.63, 3.8) is 0 Å². The minimum Gasteiger partial charge on any atom is -0.492 e. The van der Waals surface area contributed by atoms with E-state index in [0.29, 0.717) is 36.3 Å². The van der Waals surface area contributed by atoms with E-state index in [-0.39, 0.29) is 17.5 Å². The van der Waals surface area contributed by atoms with Gasteiger partial charge < -0.3 is 15.2 Å². The zero-order chi connectivity index (χ0) is 27.9. The number of ether oxygens (including phenoxy) is 1. The monoisotopic (exact) mass is 554 g/mol. The third kappa shape index (κ3) is 6.80. The molecule has 4 rings (SSSR count). The van der Waals surface area contributed by atoms with E-state index in [0.717, 1.165) is 48.1 Å². The zero-order valence-electron chi connectivity index (χ0n) is 22.6. The van der Waals surface area contributed by atoms with Crippen LogP contribution in [0.4, 0.5) is 9.52 Å². The van der Waals surface area contributed by atoms with E-state index in [1.54, 1.807) is 12.1 Å². The maximum Gasteiger partial charge on any atom is 0.308 e. The summed E-state index contributed by atoms with van der Waals surface area (Å²) in [6, 6.07) is 9.92. The van der Waals surface area contributed by atoms with Crippen LogP contribution in [0.1, 0.15) is 60.5 Å². The largest absolute Gasteiger partial charge is 0.492 e. The zero-order valence-corrected chi connectivity index (χ0v) is 23.4. The molecule has 2 N–H and O–H groups in total. The predicted molar refractivity (Wildman–Crippen MR) is 150 cm³/mol. The van der Waals surface area contributed by atoms with Crippen molar-refractivity contribution in [1.29, 1.82) is 0 Å². The maximum absolute atomic E-state index is 14.4. The number of hydrogen-bond acceptors (Lipinski definition) is 7. The van der Waals surface area contributed by atoms with Crippen LogP contribution in [0.15, 0.2) is 36.4 Å². The molecule has 1 aliphatic rings. The van der Waals surface area contributed by atoms with Gasteiger partial charge in [0.15, 0.2) is 0 Å². The standard InChI is InChI=1S/C29H35FN4O4S/c1-4-5-14-34(27(35)21-9-6-7-11-23(21)30)29-33-32-26(39-29)20-16-18(2)25(19(3)17-20)38-15-13-31-24-12-8-10-22(24)28(36)37/h6-7,9,11,16-17,22,24,31H,4-5,8,10,12-15H2,1-3H3,(H,36,37)/t22-,24+/m0/s1. The molecule has 0 saturated heterocycles. The van der Waals surface area contributed by atoms with Crippen molar-refractivity contribution in [3.05, 3.63) is 58.9 Å². The fraction of sp³-hybridized carbons (Fsp3) is 0.448. The van der Waals surface area contributed by atoms with Crippen LogP contribution in [0.3, 0.4) is 0 Å². The number of unbranched alkanes of at least 4 members (excludes halogenated alkanes) is 1. The molecule has 8 nitrogen and oxygen atoms in total. The van der Waals surface area contributed by atoms with Crippen LogP contribution in [-0.2, 0) is 4.79 Å². The van der Waals surface area contributed by atoms with Crippen LogP contribution < -0.4 is 15.0 Å². The Bertz CT molecular complexity index is 1290. The fourth-order valence-electron chi connectivity index (χ4n) is 5.02. The smallest absolute Gasteiger partial charge is 0.308 e. The van der Waals surface area contributed by atoms with Crippen molar-refractivity contribution in [1.82, 2.24) is 15.5 Å². The molecule has 0 spiro atoms. The van der Waals surface area contributed by atoms with Gasteiger partial charge in [-0.2, -0.15) is 0 Å². The average Bonchev–Trinajstić information content (AvgIpc) is 3.58. The highest BCUT2D eigenvalue weighted by Crippen LogP contribution is 2.34. The summed E-state index contributed by atoms with van der Waals surface area (Å²) in [7, 11) is 0. The second kappa shape index (κ2) is 13.1. The van der Waals surface area contributed by atoms with E-state index in [9.17, 15) is 19.1 Å². The molecule has 0 aliphatic heterocycles. The molecule has 1 fully saturated rings. The Morgan fingerprint density at radius 1 is 1.18 bits per heavy atom. The lowest BCUT2D eigenvalue weighted by Crippen LogP contribution is -2.38. The number of nitrogens with zero attached hydrogens (tertiary/aromatic N) is 3. The van der Waals surface area contributed by atoms with Gasteiger partial charge in [-0.3, -0.25) is 14.5 Å². The third-order valence-electron chi connectivity index (χ3n) is 7.03. The Morgan fingerprint density at radius 2 is 1.92 bits per heavy atom.